The molecule has 2 unspecified atom stereocenters. The number of benzene rings is 2. The SMILES string of the molecule is COC(=O)C(C/C=C/c1ccc(N(CC2=CC=CC(C)C2)c2ncccn2)cc1)NC(=O)c1c(Cl)cccc1Cl. The lowest BCUT2D eigenvalue weighted by Gasteiger charge is -2.26. The second kappa shape index (κ2) is 13.9. The Hall–Kier alpha value is -3.94. The van der Waals surface area contributed by atoms with Crippen molar-refractivity contribution in [3.8, 4) is 0 Å². The minimum Gasteiger partial charge on any atom is -0.467 e. The number of anilines is 2. The highest BCUT2D eigenvalue weighted by Gasteiger charge is 2.23. The number of amides is 1. The zero-order valence-electron chi connectivity index (χ0n) is 22.3. The lowest BCUT2D eigenvalue weighted by molar-refractivity contribution is -0.142. The third kappa shape index (κ3) is 7.58. The average Bonchev–Trinajstić information content (AvgIpc) is 2.96. The molecule has 0 saturated carbocycles. The number of carbonyl (C=O) groups is 2. The van der Waals surface area contributed by atoms with Crippen molar-refractivity contribution in [1.29, 1.82) is 0 Å². The Morgan fingerprint density at radius 1 is 1.10 bits per heavy atom. The van der Waals surface area contributed by atoms with Crippen molar-refractivity contribution in [1.82, 2.24) is 15.3 Å². The normalized spacial score (nSPS) is 15.4. The predicted molar refractivity (Wildman–Crippen MR) is 160 cm³/mol. The fourth-order valence-electron chi connectivity index (χ4n) is 4.37. The van der Waals surface area contributed by atoms with Crippen LogP contribution in [-0.2, 0) is 9.53 Å². The first kappa shape index (κ1) is 29.1. The molecule has 0 bridgehead atoms. The summed E-state index contributed by atoms with van der Waals surface area (Å²) in [6.07, 6.45) is 14.8. The lowest BCUT2D eigenvalue weighted by Crippen LogP contribution is -2.41. The van der Waals surface area contributed by atoms with Gasteiger partial charge in [-0.05, 0) is 60.2 Å². The van der Waals surface area contributed by atoms with Crippen LogP contribution in [0.5, 0.6) is 0 Å². The van der Waals surface area contributed by atoms with Gasteiger partial charge in [-0.25, -0.2) is 14.8 Å². The number of hydrogen-bond acceptors (Lipinski definition) is 6. The van der Waals surface area contributed by atoms with Gasteiger partial charge in [0.15, 0.2) is 0 Å². The molecule has 0 radical (unpaired) electrons. The fraction of sp³-hybridized carbons (Fsp3) is 0.226. The minimum atomic E-state index is -0.911. The van der Waals surface area contributed by atoms with Gasteiger partial charge in [0.25, 0.3) is 5.91 Å². The Balaban J connectivity index is 1.46. The average molecular weight is 578 g/mol. The molecule has 1 aromatic heterocycles. The number of carbonyl (C=O) groups excluding carboxylic acids is 2. The number of ether oxygens (including phenoxy) is 1. The number of allylic oxidation sites excluding steroid dienone is 3. The van der Waals surface area contributed by atoms with Crippen LogP contribution in [0.3, 0.4) is 0 Å². The van der Waals surface area contributed by atoms with Crippen molar-refractivity contribution >= 4 is 52.8 Å². The Morgan fingerprint density at radius 3 is 2.45 bits per heavy atom. The molecule has 7 nitrogen and oxygen atoms in total. The van der Waals surface area contributed by atoms with Crippen LogP contribution in [0.4, 0.5) is 11.6 Å². The molecular weight excluding hydrogens is 547 g/mol. The molecule has 0 aliphatic heterocycles. The Morgan fingerprint density at radius 2 is 1.80 bits per heavy atom. The van der Waals surface area contributed by atoms with E-state index in [0.29, 0.717) is 18.4 Å². The summed E-state index contributed by atoms with van der Waals surface area (Å²) >= 11 is 12.3. The predicted octanol–water partition coefficient (Wildman–Crippen LogP) is 6.82. The van der Waals surface area contributed by atoms with Gasteiger partial charge in [-0.1, -0.05) is 78.7 Å². The van der Waals surface area contributed by atoms with Crippen LogP contribution in [0.2, 0.25) is 10.0 Å². The Bertz CT molecular complexity index is 1400. The van der Waals surface area contributed by atoms with Crippen molar-refractivity contribution in [2.45, 2.75) is 25.8 Å². The summed E-state index contributed by atoms with van der Waals surface area (Å²) in [6.45, 7) is 2.89. The number of nitrogens with zero attached hydrogens (tertiary/aromatic N) is 3. The summed E-state index contributed by atoms with van der Waals surface area (Å²) in [6, 6.07) is 13.6. The van der Waals surface area contributed by atoms with E-state index in [1.807, 2.05) is 36.4 Å². The maximum Gasteiger partial charge on any atom is 0.328 e. The molecule has 2 atom stereocenters. The molecule has 1 aliphatic carbocycles. The second-order valence-electron chi connectivity index (χ2n) is 9.40. The molecule has 0 saturated heterocycles. The van der Waals surface area contributed by atoms with Crippen molar-refractivity contribution in [2.75, 3.05) is 18.6 Å². The third-order valence-corrected chi connectivity index (χ3v) is 7.01. The maximum atomic E-state index is 12.8. The highest BCUT2D eigenvalue weighted by molar-refractivity contribution is 6.39. The lowest BCUT2D eigenvalue weighted by atomic mass is 9.95. The third-order valence-electron chi connectivity index (χ3n) is 6.38. The number of aromatic nitrogens is 2. The molecule has 2 aromatic carbocycles. The van der Waals surface area contributed by atoms with E-state index in [-0.39, 0.29) is 22.0 Å². The van der Waals surface area contributed by atoms with Gasteiger partial charge in [0, 0.05) is 24.6 Å². The standard InChI is InChI=1S/C31H30Cl2N4O3/c1-21-7-3-9-23(19-21)20-37(31-34-17-6-18-35-31)24-15-13-22(14-16-24)8-4-12-27(30(39)40-2)36-29(38)28-25(32)10-5-11-26(28)33/h3-11,13-18,21,27H,12,19-20H2,1-2H3,(H,36,38)/b8-4+. The molecule has 0 fully saturated rings. The van der Waals surface area contributed by atoms with E-state index in [9.17, 15) is 9.59 Å². The van der Waals surface area contributed by atoms with Crippen LogP contribution in [0.25, 0.3) is 6.08 Å². The zero-order chi connectivity index (χ0) is 28.5. The van der Waals surface area contributed by atoms with Crippen LogP contribution in [0.15, 0.2) is 90.8 Å². The number of hydrogen-bond donors (Lipinski definition) is 1. The fourth-order valence-corrected chi connectivity index (χ4v) is 4.94. The number of halogens is 2. The molecule has 0 spiro atoms. The highest BCUT2D eigenvalue weighted by atomic mass is 35.5. The molecule has 1 N–H and O–H groups in total. The van der Waals surface area contributed by atoms with Gasteiger partial charge in [0.2, 0.25) is 5.95 Å². The maximum absolute atomic E-state index is 12.8. The summed E-state index contributed by atoms with van der Waals surface area (Å²) in [5, 5.41) is 3.07. The van der Waals surface area contributed by atoms with Crippen LogP contribution in [0, 0.1) is 5.92 Å². The Kier molecular flexibility index (Phi) is 10.1. The van der Waals surface area contributed by atoms with E-state index in [4.69, 9.17) is 27.9 Å². The first-order valence-corrected chi connectivity index (χ1v) is 13.6. The largest absolute Gasteiger partial charge is 0.467 e. The number of esters is 1. The molecular formula is C31H30Cl2N4O3. The van der Waals surface area contributed by atoms with Crippen molar-refractivity contribution < 1.29 is 14.3 Å². The van der Waals surface area contributed by atoms with Gasteiger partial charge in [-0.2, -0.15) is 0 Å². The van der Waals surface area contributed by atoms with Gasteiger partial charge in [0.05, 0.1) is 22.7 Å². The van der Waals surface area contributed by atoms with Gasteiger partial charge >= 0.3 is 5.97 Å². The quantitative estimate of drug-likeness (QED) is 0.266. The molecule has 3 aromatic rings. The molecule has 40 heavy (non-hydrogen) atoms. The van der Waals surface area contributed by atoms with E-state index in [1.165, 1.54) is 12.7 Å². The van der Waals surface area contributed by atoms with Crippen LogP contribution >= 0.6 is 23.2 Å². The van der Waals surface area contributed by atoms with E-state index in [2.05, 4.69) is 45.3 Å². The summed E-state index contributed by atoms with van der Waals surface area (Å²) in [7, 11) is 1.27. The van der Waals surface area contributed by atoms with Crippen molar-refractivity contribution in [3.05, 3.63) is 112 Å². The first-order valence-electron chi connectivity index (χ1n) is 12.9. The molecule has 206 valence electrons. The topological polar surface area (TPSA) is 84.4 Å². The van der Waals surface area contributed by atoms with Gasteiger partial charge in [0.1, 0.15) is 6.04 Å². The van der Waals surface area contributed by atoms with Crippen molar-refractivity contribution in [3.63, 3.8) is 0 Å². The second-order valence-corrected chi connectivity index (χ2v) is 10.2. The van der Waals surface area contributed by atoms with Gasteiger partial charge in [-0.15, -0.1) is 0 Å². The van der Waals surface area contributed by atoms with Crippen LogP contribution in [0.1, 0.15) is 35.7 Å². The number of nitrogens with one attached hydrogen (secondary N) is 1. The smallest absolute Gasteiger partial charge is 0.328 e. The van der Waals surface area contributed by atoms with Crippen molar-refractivity contribution in [2.24, 2.45) is 5.92 Å². The molecule has 9 heteroatoms. The summed E-state index contributed by atoms with van der Waals surface area (Å²) < 4.78 is 4.89. The monoisotopic (exact) mass is 576 g/mol. The summed E-state index contributed by atoms with van der Waals surface area (Å²) in [5.74, 6) is -0.00310. The Labute approximate surface area is 244 Å². The van der Waals surface area contributed by atoms with Crippen LogP contribution in [-0.4, -0.2) is 41.5 Å². The van der Waals surface area contributed by atoms with E-state index >= 15 is 0 Å². The summed E-state index contributed by atoms with van der Waals surface area (Å²) in [5.41, 5.74) is 3.30. The molecule has 1 heterocycles. The molecule has 1 amide bonds. The zero-order valence-corrected chi connectivity index (χ0v) is 23.8. The van der Waals surface area contributed by atoms with Gasteiger partial charge < -0.3 is 15.0 Å². The molecule has 4 rings (SSSR count). The number of methoxy groups -OCH3 is 1. The van der Waals surface area contributed by atoms with Gasteiger partial charge in [-0.3, -0.25) is 4.79 Å². The summed E-state index contributed by atoms with van der Waals surface area (Å²) in [4.78, 5) is 36.2. The van der Waals surface area contributed by atoms with E-state index in [0.717, 1.165) is 17.7 Å². The number of rotatable bonds is 10. The first-order chi connectivity index (χ1) is 19.4. The molecule has 1 aliphatic rings. The minimum absolute atomic E-state index is 0.112. The van der Waals surface area contributed by atoms with E-state index in [1.54, 1.807) is 36.7 Å². The highest BCUT2D eigenvalue weighted by Crippen LogP contribution is 2.27. The van der Waals surface area contributed by atoms with E-state index < -0.39 is 17.9 Å². The van der Waals surface area contributed by atoms with Crippen LogP contribution < -0.4 is 10.2 Å².